The van der Waals surface area contributed by atoms with Crippen LogP contribution < -0.4 is 10.6 Å². The topological polar surface area (TPSA) is 156 Å². The number of aromatic nitrogens is 4. The number of aliphatic hydroxyl groups excluding tert-OH is 2. The minimum absolute atomic E-state index is 0.232. The van der Waals surface area contributed by atoms with Gasteiger partial charge in [0.2, 0.25) is 11.8 Å². The largest absolute Gasteiger partial charge is 0.392 e. The van der Waals surface area contributed by atoms with Gasteiger partial charge in [-0.05, 0) is 74.6 Å². The van der Waals surface area contributed by atoms with E-state index >= 15 is 0 Å². The third kappa shape index (κ3) is 8.36. The fourth-order valence-corrected chi connectivity index (χ4v) is 5.35. The molecule has 0 spiro atoms. The quantitative estimate of drug-likeness (QED) is 0.0970. The maximum absolute atomic E-state index is 13.1. The number of aliphatic hydroxyl groups is 2. The Kier molecular flexibility index (Phi) is 10.9. The van der Waals surface area contributed by atoms with Crippen molar-refractivity contribution in [2.24, 2.45) is 21.7 Å². The number of hydrogen-bond donors (Lipinski definition) is 6. The van der Waals surface area contributed by atoms with Gasteiger partial charge in [0.15, 0.2) is 0 Å². The van der Waals surface area contributed by atoms with Crippen molar-refractivity contribution in [2.75, 3.05) is 0 Å². The highest BCUT2D eigenvalue weighted by Gasteiger charge is 2.39. The van der Waals surface area contributed by atoms with Gasteiger partial charge in [-0.25, -0.2) is 9.97 Å². The number of carbonyl (C=O) groups excluding carboxylic acids is 2. The number of carbonyl (C=O) groups is 2. The predicted molar refractivity (Wildman–Crippen MR) is 199 cm³/mol. The average molecular weight is 685 g/mol. The number of nitrogens with zero attached hydrogens (tertiary/aromatic N) is 2. The molecule has 0 aliphatic heterocycles. The summed E-state index contributed by atoms with van der Waals surface area (Å²) in [5, 5.41) is 26.5. The van der Waals surface area contributed by atoms with Crippen LogP contribution >= 0.6 is 0 Å². The molecular formula is C40H56N6O4. The Bertz CT molecular complexity index is 1640. The summed E-state index contributed by atoms with van der Waals surface area (Å²) in [6.45, 7) is 22.5. The number of hydrogen-bond acceptors (Lipinski definition) is 6. The van der Waals surface area contributed by atoms with Crippen molar-refractivity contribution in [1.29, 1.82) is 0 Å². The first-order chi connectivity index (χ1) is 23.0. The van der Waals surface area contributed by atoms with Gasteiger partial charge in [0.1, 0.15) is 11.6 Å². The smallest absolute Gasteiger partial charge is 0.228 e. The van der Waals surface area contributed by atoms with Gasteiger partial charge in [0, 0.05) is 0 Å². The molecule has 0 aliphatic rings. The van der Waals surface area contributed by atoms with Gasteiger partial charge in [0.25, 0.3) is 0 Å². The van der Waals surface area contributed by atoms with Crippen molar-refractivity contribution in [3.63, 3.8) is 0 Å². The first-order valence-electron chi connectivity index (χ1n) is 17.3. The lowest BCUT2D eigenvalue weighted by molar-refractivity contribution is -0.137. The van der Waals surface area contributed by atoms with Crippen LogP contribution in [0.15, 0.2) is 60.9 Å². The Morgan fingerprint density at radius 3 is 1.10 bits per heavy atom. The number of amides is 2. The fraction of sp³-hybridized carbons (Fsp3) is 0.500. The van der Waals surface area contributed by atoms with Crippen LogP contribution in [-0.2, 0) is 9.59 Å². The summed E-state index contributed by atoms with van der Waals surface area (Å²) in [6.07, 6.45) is 1.97. The first kappa shape index (κ1) is 38.5. The highest BCUT2D eigenvalue weighted by atomic mass is 16.3. The maximum atomic E-state index is 13.1. The van der Waals surface area contributed by atoms with Gasteiger partial charge in [0.05, 0.1) is 58.9 Å². The van der Waals surface area contributed by atoms with Crippen molar-refractivity contribution in [3.8, 4) is 33.6 Å². The van der Waals surface area contributed by atoms with Crippen molar-refractivity contribution in [2.45, 2.75) is 107 Å². The van der Waals surface area contributed by atoms with E-state index in [4.69, 9.17) is 0 Å². The summed E-state index contributed by atoms with van der Waals surface area (Å²) in [4.78, 5) is 42.3. The van der Waals surface area contributed by atoms with Crippen molar-refractivity contribution in [3.05, 3.63) is 72.6 Å². The molecule has 0 radical (unpaired) electrons. The predicted octanol–water partition coefficient (Wildman–Crippen LogP) is 7.35. The monoisotopic (exact) mass is 684 g/mol. The van der Waals surface area contributed by atoms with Gasteiger partial charge in [-0.15, -0.1) is 0 Å². The lowest BCUT2D eigenvalue weighted by Gasteiger charge is -2.34. The van der Waals surface area contributed by atoms with Crippen LogP contribution in [0.25, 0.3) is 33.6 Å². The molecule has 0 bridgehead atoms. The summed E-state index contributed by atoms with van der Waals surface area (Å²) in [7, 11) is 0. The lowest BCUT2D eigenvalue weighted by atomic mass is 9.82. The van der Waals surface area contributed by atoms with Crippen molar-refractivity contribution < 1.29 is 19.8 Å². The molecule has 2 heterocycles. The van der Waals surface area contributed by atoms with Crippen LogP contribution in [-0.4, -0.2) is 54.2 Å². The number of H-pyrrole nitrogens is 2. The zero-order valence-corrected chi connectivity index (χ0v) is 31.7. The van der Waals surface area contributed by atoms with E-state index in [1.807, 2.05) is 65.8 Å². The van der Waals surface area contributed by atoms with E-state index in [-0.39, 0.29) is 34.7 Å². The molecule has 0 saturated carbocycles. The van der Waals surface area contributed by atoms with Crippen molar-refractivity contribution in [1.82, 2.24) is 30.6 Å². The summed E-state index contributed by atoms with van der Waals surface area (Å²) in [6, 6.07) is 15.7. The third-order valence-electron chi connectivity index (χ3n) is 10.0. The molecule has 50 heavy (non-hydrogen) atoms. The zero-order chi connectivity index (χ0) is 37.4. The zero-order valence-electron chi connectivity index (χ0n) is 31.7. The highest BCUT2D eigenvalue weighted by molar-refractivity contribution is 5.83. The van der Waals surface area contributed by atoms with Gasteiger partial charge >= 0.3 is 0 Å². The SMILES string of the molecule is CC(O)C(C)(C)C(=O)NC(c1ncc(-c2ccc(-c3ccc(-c4cnc([C@@H](NC(=O)C(C)(C)C(C)O)C(C)(C)C)[nH]4)cc3)cc2)[nH]1)C(C)(C)C. The molecule has 6 N–H and O–H groups in total. The van der Waals surface area contributed by atoms with Crippen LogP contribution in [0.3, 0.4) is 0 Å². The second kappa shape index (κ2) is 14.2. The molecule has 10 nitrogen and oxygen atoms in total. The molecule has 3 unspecified atom stereocenters. The van der Waals surface area contributed by atoms with Crippen LogP contribution in [0.5, 0.6) is 0 Å². The highest BCUT2D eigenvalue weighted by Crippen LogP contribution is 2.36. The van der Waals surface area contributed by atoms with E-state index in [2.05, 4.69) is 54.8 Å². The number of aromatic amines is 2. The van der Waals surface area contributed by atoms with E-state index < -0.39 is 23.0 Å². The van der Waals surface area contributed by atoms with Crippen LogP contribution in [0.4, 0.5) is 0 Å². The molecular weight excluding hydrogens is 628 g/mol. The van der Waals surface area contributed by atoms with Gasteiger partial charge < -0.3 is 30.8 Å². The minimum atomic E-state index is -0.944. The van der Waals surface area contributed by atoms with Crippen LogP contribution in [0.1, 0.15) is 107 Å². The molecule has 0 fully saturated rings. The summed E-state index contributed by atoms with van der Waals surface area (Å²) in [5.74, 6) is 0.848. The van der Waals surface area contributed by atoms with Gasteiger partial charge in [-0.1, -0.05) is 90.1 Å². The van der Waals surface area contributed by atoms with E-state index in [9.17, 15) is 19.8 Å². The molecule has 4 rings (SSSR count). The number of imidazole rings is 2. The molecule has 4 aromatic rings. The summed E-state index contributed by atoms with van der Waals surface area (Å²) >= 11 is 0. The molecule has 2 amide bonds. The molecule has 0 aliphatic carbocycles. The third-order valence-corrected chi connectivity index (χ3v) is 10.0. The Balaban J connectivity index is 1.50. The second-order valence-corrected chi connectivity index (χ2v) is 16.9. The van der Waals surface area contributed by atoms with Crippen LogP contribution in [0.2, 0.25) is 0 Å². The number of rotatable bonds is 11. The Morgan fingerprint density at radius 2 is 0.840 bits per heavy atom. The maximum Gasteiger partial charge on any atom is 0.228 e. The van der Waals surface area contributed by atoms with E-state index in [1.165, 1.54) is 0 Å². The minimum Gasteiger partial charge on any atom is -0.392 e. The Morgan fingerprint density at radius 1 is 0.560 bits per heavy atom. The molecule has 270 valence electrons. The fourth-order valence-electron chi connectivity index (χ4n) is 5.35. The van der Waals surface area contributed by atoms with Crippen LogP contribution in [0, 0.1) is 21.7 Å². The normalized spacial score (nSPS) is 15.2. The summed E-state index contributed by atoms with van der Waals surface area (Å²) in [5.41, 5.74) is 3.19. The molecule has 2 aromatic heterocycles. The summed E-state index contributed by atoms with van der Waals surface area (Å²) < 4.78 is 0. The Labute approximate surface area is 297 Å². The number of benzene rings is 2. The average Bonchev–Trinajstić information content (AvgIpc) is 3.72. The second-order valence-electron chi connectivity index (χ2n) is 16.9. The van der Waals surface area contributed by atoms with E-state index in [1.54, 1.807) is 53.9 Å². The standard InChI is InChI=1S/C40H56N6O4/c1-23(47)39(9,10)35(49)45-31(37(3,4)5)33-41-21-29(43-33)27-17-13-25(14-18-27)26-15-19-28(20-16-26)30-22-42-34(44-30)32(38(6,7)8)46-36(50)40(11,12)24(2)48/h13-24,31-32,47-48H,1-12H3,(H,41,43)(H,42,44)(H,45,49)(H,46,50)/t23?,24?,31-,32?/m1/s1. The van der Waals surface area contributed by atoms with Gasteiger partial charge in [-0.2, -0.15) is 0 Å². The molecule has 0 saturated heterocycles. The molecule has 4 atom stereocenters. The Hall–Kier alpha value is -4.28. The van der Waals surface area contributed by atoms with E-state index in [0.29, 0.717) is 11.6 Å². The van der Waals surface area contributed by atoms with Crippen molar-refractivity contribution >= 4 is 11.8 Å². The van der Waals surface area contributed by atoms with E-state index in [0.717, 1.165) is 33.6 Å². The molecule has 2 aromatic carbocycles. The lowest BCUT2D eigenvalue weighted by Crippen LogP contribution is -2.47. The number of nitrogens with one attached hydrogen (secondary N) is 4. The molecule has 10 heteroatoms. The van der Waals surface area contributed by atoms with Gasteiger partial charge in [-0.3, -0.25) is 9.59 Å². The first-order valence-corrected chi connectivity index (χ1v) is 17.3.